The lowest BCUT2D eigenvalue weighted by molar-refractivity contribution is -0.178. The van der Waals surface area contributed by atoms with Gasteiger partial charge in [0.05, 0.1) is 30.6 Å². The van der Waals surface area contributed by atoms with E-state index in [9.17, 15) is 18.3 Å². The van der Waals surface area contributed by atoms with Gasteiger partial charge in [0.1, 0.15) is 6.10 Å². The van der Waals surface area contributed by atoms with Crippen molar-refractivity contribution < 1.29 is 32.5 Å². The minimum absolute atomic E-state index is 0.0143. The van der Waals surface area contributed by atoms with Crippen LogP contribution in [0, 0.1) is 29.6 Å². The molecule has 2 saturated carbocycles. The fourth-order valence-electron chi connectivity index (χ4n) is 7.75. The predicted octanol–water partition coefficient (Wildman–Crippen LogP) is 3.74. The second-order valence-electron chi connectivity index (χ2n) is 14.1. The van der Waals surface area contributed by atoms with E-state index in [2.05, 4.69) is 5.32 Å². The van der Waals surface area contributed by atoms with Crippen molar-refractivity contribution in [3.8, 4) is 0 Å². The smallest absolute Gasteiger partial charge is 0.306 e. The van der Waals surface area contributed by atoms with Crippen molar-refractivity contribution in [2.24, 2.45) is 29.6 Å². The molecule has 5 unspecified atom stereocenters. The Kier molecular flexibility index (Phi) is 9.71. The highest BCUT2D eigenvalue weighted by Gasteiger charge is 2.56. The Labute approximate surface area is 267 Å². The molecule has 6 rings (SSSR count). The summed E-state index contributed by atoms with van der Waals surface area (Å²) in [6, 6.07) is 16.9. The molecule has 2 aliphatic heterocycles. The molecule has 2 aromatic rings. The summed E-state index contributed by atoms with van der Waals surface area (Å²) in [5, 5.41) is 14.9. The first kappa shape index (κ1) is 32.6. The lowest BCUT2D eigenvalue weighted by Crippen LogP contribution is -2.43. The van der Waals surface area contributed by atoms with Crippen LogP contribution in [0.25, 0.3) is 0 Å². The lowest BCUT2D eigenvalue weighted by Gasteiger charge is -2.31. The highest BCUT2D eigenvalue weighted by Crippen LogP contribution is 2.50. The quantitative estimate of drug-likeness (QED) is 0.283. The van der Waals surface area contributed by atoms with Gasteiger partial charge >= 0.3 is 5.97 Å². The Morgan fingerprint density at radius 2 is 1.76 bits per heavy atom. The molecule has 0 amide bonds. The number of benzene rings is 2. The molecule has 0 aromatic heterocycles. The maximum atomic E-state index is 14.0. The number of aliphatic hydroxyl groups excluding tert-OH is 1. The zero-order chi connectivity index (χ0) is 31.8. The minimum Gasteiger partial charge on any atom is -0.462 e. The fraction of sp³-hybridized carbons (Fsp3) is 0.629. The van der Waals surface area contributed by atoms with E-state index in [0.717, 1.165) is 36.9 Å². The Morgan fingerprint density at radius 3 is 2.42 bits per heavy atom. The van der Waals surface area contributed by atoms with Crippen LogP contribution in [-0.2, 0) is 40.9 Å². The van der Waals surface area contributed by atoms with Crippen molar-refractivity contribution in [3.05, 3.63) is 65.7 Å². The third kappa shape index (κ3) is 7.01. The number of hydrogen-bond acceptors (Lipinski definition) is 8. The largest absolute Gasteiger partial charge is 0.462 e. The molecule has 2 heterocycles. The van der Waals surface area contributed by atoms with Gasteiger partial charge in [-0.1, -0.05) is 56.3 Å². The monoisotopic (exact) mass is 640 g/mol. The highest BCUT2D eigenvalue weighted by molar-refractivity contribution is 7.89. The summed E-state index contributed by atoms with van der Waals surface area (Å²) in [7, 11) is -1.96. The molecular formula is C35H48N2O7S. The van der Waals surface area contributed by atoms with Crippen LogP contribution in [0.5, 0.6) is 0 Å². The van der Waals surface area contributed by atoms with Gasteiger partial charge in [0.2, 0.25) is 10.0 Å². The summed E-state index contributed by atoms with van der Waals surface area (Å²) >= 11 is 0. The molecule has 246 valence electrons. The van der Waals surface area contributed by atoms with Crippen molar-refractivity contribution in [1.29, 1.82) is 0 Å². The van der Waals surface area contributed by atoms with Crippen LogP contribution in [0.4, 0.5) is 0 Å². The Morgan fingerprint density at radius 1 is 1.04 bits per heavy atom. The third-order valence-electron chi connectivity index (χ3n) is 10.3. The lowest BCUT2D eigenvalue weighted by atomic mass is 9.90. The fourth-order valence-corrected chi connectivity index (χ4v) is 9.37. The normalized spacial score (nSPS) is 27.9. The third-order valence-corrected chi connectivity index (χ3v) is 12.1. The number of fused-ring (bicyclic) bond motifs is 1. The molecule has 4 fully saturated rings. The van der Waals surface area contributed by atoms with Crippen LogP contribution >= 0.6 is 0 Å². The maximum Gasteiger partial charge on any atom is 0.306 e. The summed E-state index contributed by atoms with van der Waals surface area (Å²) in [4.78, 5) is 13.7. The number of hydrogen-bond donors (Lipinski definition) is 2. The average molecular weight is 641 g/mol. The summed E-state index contributed by atoms with van der Waals surface area (Å²) < 4.78 is 47.1. The van der Waals surface area contributed by atoms with Crippen molar-refractivity contribution in [2.45, 2.75) is 74.8 Å². The standard InChI is InChI=1S/C35H48N2O7S/c1-23(2)18-37(45(40,41)28-11-9-27(10-12-28)35(13-14-35)22-36-3)19-31(38)25(15-24-7-5-4-6-8-24)17-32(39)44-33-26-16-29-30(33)21-43-34(29)42-20-26/h4-12,23,25-26,29-31,33-34,36,38H,13-22H2,1-3H3/t25-,26?,29?,30?,31-,33?,34?/m1/s1. The van der Waals surface area contributed by atoms with E-state index in [-0.39, 0.29) is 71.9 Å². The van der Waals surface area contributed by atoms with Crippen molar-refractivity contribution in [3.63, 3.8) is 0 Å². The van der Waals surface area contributed by atoms with Gasteiger partial charge in [-0.15, -0.1) is 0 Å². The molecule has 2 bridgehead atoms. The van der Waals surface area contributed by atoms with E-state index in [0.29, 0.717) is 19.6 Å². The van der Waals surface area contributed by atoms with Gasteiger partial charge in [-0.2, -0.15) is 4.31 Å². The molecule has 45 heavy (non-hydrogen) atoms. The van der Waals surface area contributed by atoms with Gasteiger partial charge in [-0.3, -0.25) is 4.79 Å². The van der Waals surface area contributed by atoms with Gasteiger partial charge < -0.3 is 24.6 Å². The molecule has 9 nitrogen and oxygen atoms in total. The molecule has 0 radical (unpaired) electrons. The number of rotatable bonds is 15. The number of ether oxygens (including phenoxy) is 3. The minimum atomic E-state index is -3.90. The van der Waals surface area contributed by atoms with Crippen molar-refractivity contribution in [1.82, 2.24) is 9.62 Å². The van der Waals surface area contributed by atoms with E-state index in [4.69, 9.17) is 14.2 Å². The van der Waals surface area contributed by atoms with E-state index >= 15 is 0 Å². The SMILES string of the molecule is CNCC1(c2ccc(S(=O)(=O)N(CC(C)C)C[C@@H](O)[C@@H](CC(=O)OC3C4COC5OCC3C5C4)Cc3ccccc3)cc2)CC1. The van der Waals surface area contributed by atoms with Crippen molar-refractivity contribution >= 4 is 16.0 Å². The summed E-state index contributed by atoms with van der Waals surface area (Å²) in [5.74, 6) is -0.319. The van der Waals surface area contributed by atoms with Crippen LogP contribution in [0.1, 0.15) is 50.7 Å². The van der Waals surface area contributed by atoms with Crippen LogP contribution in [0.15, 0.2) is 59.5 Å². The topological polar surface area (TPSA) is 114 Å². The first-order chi connectivity index (χ1) is 21.6. The molecule has 0 spiro atoms. The molecule has 7 atom stereocenters. The van der Waals surface area contributed by atoms with Gasteiger partial charge in [0.25, 0.3) is 0 Å². The molecule has 4 aliphatic rings. The predicted molar refractivity (Wildman–Crippen MR) is 170 cm³/mol. The van der Waals surface area contributed by atoms with Gasteiger partial charge in [-0.05, 0) is 61.9 Å². The number of esters is 1. The van der Waals surface area contributed by atoms with Gasteiger partial charge in [-0.25, -0.2) is 8.42 Å². The number of carbonyl (C=O) groups is 1. The molecular weight excluding hydrogens is 592 g/mol. The van der Waals surface area contributed by atoms with Crippen LogP contribution in [-0.4, -0.2) is 82.2 Å². The summed E-state index contributed by atoms with van der Waals surface area (Å²) in [5.41, 5.74) is 2.20. The zero-order valence-electron chi connectivity index (χ0n) is 26.6. The van der Waals surface area contributed by atoms with Crippen LogP contribution < -0.4 is 5.32 Å². The number of aliphatic hydroxyl groups is 1. The number of sulfonamides is 1. The molecule has 2 aromatic carbocycles. The summed E-state index contributed by atoms with van der Waals surface area (Å²) in [6.45, 7) is 5.97. The number of nitrogens with zero attached hydrogens (tertiary/aromatic N) is 1. The summed E-state index contributed by atoms with van der Waals surface area (Å²) in [6.07, 6.45) is 1.97. The molecule has 2 N–H and O–H groups in total. The van der Waals surface area contributed by atoms with Gasteiger partial charge in [0.15, 0.2) is 6.29 Å². The van der Waals surface area contributed by atoms with Crippen molar-refractivity contribution in [2.75, 3.05) is 39.9 Å². The molecule has 2 aliphatic carbocycles. The van der Waals surface area contributed by atoms with Gasteiger partial charge in [0, 0.05) is 48.7 Å². The number of carbonyl (C=O) groups excluding carboxylic acids is 1. The van der Waals surface area contributed by atoms with E-state index in [1.165, 1.54) is 4.31 Å². The Balaban J connectivity index is 1.18. The second kappa shape index (κ2) is 13.4. The molecule has 10 heteroatoms. The highest BCUT2D eigenvalue weighted by atomic mass is 32.2. The zero-order valence-corrected chi connectivity index (χ0v) is 27.5. The average Bonchev–Trinajstić information content (AvgIpc) is 3.60. The number of likely N-dealkylation sites (N-methyl/N-ethyl adjacent to an activating group) is 1. The van der Waals surface area contributed by atoms with E-state index < -0.39 is 22.0 Å². The maximum absolute atomic E-state index is 14.0. The first-order valence-corrected chi connectivity index (χ1v) is 17.9. The molecule has 2 saturated heterocycles. The van der Waals surface area contributed by atoms with Crippen LogP contribution in [0.2, 0.25) is 0 Å². The second-order valence-corrected chi connectivity index (χ2v) is 16.0. The first-order valence-electron chi connectivity index (χ1n) is 16.5. The Hall–Kier alpha value is -2.34. The van der Waals surface area contributed by atoms with E-state index in [1.807, 2.05) is 63.4 Å². The Bertz CT molecular complexity index is 1410. The van der Waals surface area contributed by atoms with E-state index in [1.54, 1.807) is 12.1 Å². The van der Waals surface area contributed by atoms with Crippen LogP contribution in [0.3, 0.4) is 0 Å². The number of nitrogens with one attached hydrogen (secondary N) is 1.